The molecule has 3 aliphatic rings. The smallest absolute Gasteiger partial charge is 0.196 e. The van der Waals surface area contributed by atoms with Gasteiger partial charge in [0.15, 0.2) is 11.6 Å². The molecule has 2 aliphatic heterocycles. The highest BCUT2D eigenvalue weighted by Gasteiger charge is 2.44. The molecule has 6 nitrogen and oxygen atoms in total. The highest BCUT2D eigenvalue weighted by Crippen LogP contribution is 2.46. The van der Waals surface area contributed by atoms with Gasteiger partial charge in [0, 0.05) is 28.7 Å². The molecule has 31 heavy (non-hydrogen) atoms. The van der Waals surface area contributed by atoms with Gasteiger partial charge >= 0.3 is 0 Å². The molecular weight excluding hydrogens is 394 g/mol. The summed E-state index contributed by atoms with van der Waals surface area (Å²) in [6, 6.07) is 12.6. The van der Waals surface area contributed by atoms with Gasteiger partial charge < -0.3 is 20.3 Å². The molecule has 1 saturated heterocycles. The summed E-state index contributed by atoms with van der Waals surface area (Å²) in [6.07, 6.45) is -1.41. The Morgan fingerprint density at radius 3 is 2.58 bits per heavy atom. The molecule has 0 spiro atoms. The maximum atomic E-state index is 13.6. The van der Waals surface area contributed by atoms with Crippen molar-refractivity contribution in [2.45, 2.75) is 37.7 Å². The monoisotopic (exact) mass is 415 g/mol. The number of aryl methyl sites for hydroxylation is 1. The van der Waals surface area contributed by atoms with Crippen LogP contribution in [0.5, 0.6) is 0 Å². The predicted molar refractivity (Wildman–Crippen MR) is 115 cm³/mol. The first-order valence-corrected chi connectivity index (χ1v) is 10.5. The molecule has 2 heterocycles. The van der Waals surface area contributed by atoms with E-state index < -0.39 is 12.2 Å². The van der Waals surface area contributed by atoms with E-state index in [-0.39, 0.29) is 30.3 Å². The summed E-state index contributed by atoms with van der Waals surface area (Å²) in [5, 5.41) is 25.1. The van der Waals surface area contributed by atoms with Crippen molar-refractivity contribution in [2.24, 2.45) is 0 Å². The van der Waals surface area contributed by atoms with Gasteiger partial charge in [0.05, 0.1) is 30.0 Å². The largest absolute Gasteiger partial charge is 0.394 e. The molecule has 0 aromatic heterocycles. The molecule has 0 unspecified atom stereocenters. The van der Waals surface area contributed by atoms with E-state index in [1.807, 2.05) is 37.3 Å². The lowest BCUT2D eigenvalue weighted by Gasteiger charge is -2.45. The van der Waals surface area contributed by atoms with E-state index in [0.29, 0.717) is 34.4 Å². The zero-order chi connectivity index (χ0) is 21.4. The second kappa shape index (κ2) is 6.47. The molecular formula is C25H21NO5. The van der Waals surface area contributed by atoms with Crippen molar-refractivity contribution in [3.63, 3.8) is 0 Å². The summed E-state index contributed by atoms with van der Waals surface area (Å²) >= 11 is 0. The van der Waals surface area contributed by atoms with Crippen molar-refractivity contribution >= 4 is 28.0 Å². The van der Waals surface area contributed by atoms with Crippen LogP contribution in [0.2, 0.25) is 0 Å². The highest BCUT2D eigenvalue weighted by molar-refractivity contribution is 6.33. The standard InChI is InChI=1S/C25H21NO5/c1-11-2-4-13-12(8-11)3-5-15-20(13)23(28)16-7-6-14-18-9-17(25(30)19(10-27)31-18)26-22(14)21(16)24(15)29/h2-8,17-19,25-27,30H,9-10H2,1H3/t17-,18-,19-,25+/m1/s1. The lowest BCUT2D eigenvalue weighted by Crippen LogP contribution is -2.53. The number of benzene rings is 3. The van der Waals surface area contributed by atoms with Gasteiger partial charge in [-0.3, -0.25) is 9.59 Å². The number of fused-ring (bicyclic) bond motifs is 9. The molecule has 156 valence electrons. The molecule has 0 radical (unpaired) electrons. The fourth-order valence-corrected chi connectivity index (χ4v) is 5.28. The van der Waals surface area contributed by atoms with E-state index >= 15 is 0 Å². The van der Waals surface area contributed by atoms with Gasteiger partial charge in [-0.05, 0) is 29.8 Å². The molecule has 6 heteroatoms. The Morgan fingerprint density at radius 1 is 1.03 bits per heavy atom. The highest BCUT2D eigenvalue weighted by atomic mass is 16.5. The van der Waals surface area contributed by atoms with Crippen LogP contribution < -0.4 is 5.32 Å². The van der Waals surface area contributed by atoms with Gasteiger partial charge in [-0.25, -0.2) is 0 Å². The number of rotatable bonds is 1. The van der Waals surface area contributed by atoms with Crippen molar-refractivity contribution in [3.8, 4) is 0 Å². The van der Waals surface area contributed by atoms with E-state index in [1.165, 1.54) is 0 Å². The third-order valence-corrected chi connectivity index (χ3v) is 6.81. The minimum Gasteiger partial charge on any atom is -0.394 e. The van der Waals surface area contributed by atoms with Gasteiger partial charge in [0.2, 0.25) is 0 Å². The van der Waals surface area contributed by atoms with Gasteiger partial charge in [0.1, 0.15) is 12.2 Å². The van der Waals surface area contributed by atoms with Gasteiger partial charge in [-0.2, -0.15) is 0 Å². The van der Waals surface area contributed by atoms with Crippen LogP contribution in [0.25, 0.3) is 10.8 Å². The fraction of sp³-hybridized carbons (Fsp3) is 0.280. The van der Waals surface area contributed by atoms with E-state index in [1.54, 1.807) is 12.1 Å². The lowest BCUT2D eigenvalue weighted by atomic mass is 9.77. The molecule has 0 amide bonds. The Kier molecular flexibility index (Phi) is 3.90. The first-order chi connectivity index (χ1) is 15.0. The third-order valence-electron chi connectivity index (χ3n) is 6.81. The number of carbonyl (C=O) groups is 2. The van der Waals surface area contributed by atoms with Crippen LogP contribution in [0.3, 0.4) is 0 Å². The Hall–Kier alpha value is -3.06. The number of aliphatic hydroxyl groups excluding tert-OH is 2. The van der Waals surface area contributed by atoms with Crippen molar-refractivity contribution in [2.75, 3.05) is 11.9 Å². The Labute approximate surface area is 178 Å². The zero-order valence-corrected chi connectivity index (χ0v) is 16.9. The SMILES string of the molecule is Cc1ccc2c3c(ccc2c1)C(=O)c1c(ccc2c1N[C@@H]1C[C@H]2O[C@H](CO)[C@H]1O)C3=O. The first kappa shape index (κ1) is 18.7. The molecule has 1 fully saturated rings. The predicted octanol–water partition coefficient (Wildman–Crippen LogP) is 2.90. The molecule has 3 aromatic carbocycles. The average Bonchev–Trinajstić information content (AvgIpc) is 2.78. The summed E-state index contributed by atoms with van der Waals surface area (Å²) in [6.45, 7) is 1.71. The van der Waals surface area contributed by atoms with Crippen LogP contribution in [-0.4, -0.2) is 46.6 Å². The summed E-state index contributed by atoms with van der Waals surface area (Å²) in [5.74, 6) is -0.376. The number of hydrogen-bond acceptors (Lipinski definition) is 6. The van der Waals surface area contributed by atoms with Crippen LogP contribution in [0.1, 0.15) is 55.5 Å². The van der Waals surface area contributed by atoms with Crippen molar-refractivity contribution < 1.29 is 24.5 Å². The van der Waals surface area contributed by atoms with Crippen LogP contribution >= 0.6 is 0 Å². The summed E-state index contributed by atoms with van der Waals surface area (Å²) in [5.41, 5.74) is 3.98. The minimum atomic E-state index is -0.904. The number of anilines is 1. The van der Waals surface area contributed by atoms with Crippen LogP contribution in [0.4, 0.5) is 5.69 Å². The molecule has 4 atom stereocenters. The zero-order valence-electron chi connectivity index (χ0n) is 16.9. The molecule has 6 rings (SSSR count). The Bertz CT molecular complexity index is 1300. The maximum Gasteiger partial charge on any atom is 0.196 e. The fourth-order valence-electron chi connectivity index (χ4n) is 5.28. The quantitative estimate of drug-likeness (QED) is 0.442. The van der Waals surface area contributed by atoms with Crippen LogP contribution in [0.15, 0.2) is 42.5 Å². The molecule has 2 bridgehead atoms. The Balaban J connectivity index is 1.54. The van der Waals surface area contributed by atoms with E-state index in [0.717, 1.165) is 21.9 Å². The number of nitrogens with one attached hydrogen (secondary N) is 1. The molecule has 3 aromatic rings. The van der Waals surface area contributed by atoms with Gasteiger partial charge in [-0.1, -0.05) is 35.9 Å². The third kappa shape index (κ3) is 2.50. The second-order valence-electron chi connectivity index (χ2n) is 8.65. The lowest BCUT2D eigenvalue weighted by molar-refractivity contribution is -0.143. The molecule has 0 saturated carbocycles. The topological polar surface area (TPSA) is 95.9 Å². The summed E-state index contributed by atoms with van der Waals surface area (Å²) in [7, 11) is 0. The molecule has 1 aliphatic carbocycles. The van der Waals surface area contributed by atoms with Gasteiger partial charge in [0.25, 0.3) is 0 Å². The van der Waals surface area contributed by atoms with Crippen molar-refractivity contribution in [1.82, 2.24) is 0 Å². The van der Waals surface area contributed by atoms with E-state index in [9.17, 15) is 19.8 Å². The average molecular weight is 415 g/mol. The summed E-state index contributed by atoms with van der Waals surface area (Å²) in [4.78, 5) is 27.2. The number of aliphatic hydroxyl groups is 2. The maximum absolute atomic E-state index is 13.6. The minimum absolute atomic E-state index is 0.172. The number of carbonyl (C=O) groups excluding carboxylic acids is 2. The normalized spacial score (nSPS) is 26.2. The van der Waals surface area contributed by atoms with E-state index in [4.69, 9.17) is 4.74 Å². The van der Waals surface area contributed by atoms with Gasteiger partial charge in [-0.15, -0.1) is 0 Å². The van der Waals surface area contributed by atoms with Crippen molar-refractivity contribution in [1.29, 1.82) is 0 Å². The van der Waals surface area contributed by atoms with Crippen molar-refractivity contribution in [3.05, 3.63) is 75.8 Å². The summed E-state index contributed by atoms with van der Waals surface area (Å²) < 4.78 is 5.90. The van der Waals surface area contributed by atoms with E-state index in [2.05, 4.69) is 5.32 Å². The first-order valence-electron chi connectivity index (χ1n) is 10.5. The Morgan fingerprint density at radius 2 is 1.77 bits per heavy atom. The van der Waals surface area contributed by atoms with Crippen LogP contribution in [-0.2, 0) is 4.74 Å². The second-order valence-corrected chi connectivity index (χ2v) is 8.65. The molecule has 3 N–H and O–H groups in total. The number of hydrogen-bond donors (Lipinski definition) is 3. The number of ketones is 2. The number of ether oxygens (including phenoxy) is 1. The van der Waals surface area contributed by atoms with Crippen LogP contribution in [0, 0.1) is 6.92 Å².